The number of aryl methyl sites for hydroxylation is 2. The fourth-order valence-corrected chi connectivity index (χ4v) is 4.58. The number of anilines is 1. The monoisotopic (exact) mass is 450 g/mol. The Bertz CT molecular complexity index is 1150. The minimum absolute atomic E-state index is 0.0304. The van der Waals surface area contributed by atoms with Gasteiger partial charge in [-0.05, 0) is 46.5 Å². The largest absolute Gasteiger partial charge is 0.372 e. The normalized spacial score (nSPS) is 21.9. The van der Waals surface area contributed by atoms with Crippen LogP contribution in [0.3, 0.4) is 0 Å². The second kappa shape index (κ2) is 8.66. The molecule has 3 atom stereocenters. The lowest BCUT2D eigenvalue weighted by atomic mass is 10.1. The number of carbonyl (C=O) groups is 1. The second-order valence-corrected chi connectivity index (χ2v) is 9.05. The van der Waals surface area contributed by atoms with E-state index in [0.717, 1.165) is 29.9 Å². The van der Waals surface area contributed by atoms with Gasteiger partial charge in [-0.1, -0.05) is 0 Å². The number of carbonyl (C=O) groups excluding carboxylic acids is 1. The smallest absolute Gasteiger partial charge is 0.245 e. The fourth-order valence-electron chi connectivity index (χ4n) is 4.58. The summed E-state index contributed by atoms with van der Waals surface area (Å²) >= 11 is 0. The molecule has 1 aliphatic heterocycles. The summed E-state index contributed by atoms with van der Waals surface area (Å²) in [4.78, 5) is 37.9. The van der Waals surface area contributed by atoms with Crippen LogP contribution in [0.25, 0.3) is 22.6 Å². The van der Waals surface area contributed by atoms with Gasteiger partial charge < -0.3 is 19.5 Å². The highest BCUT2D eigenvalue weighted by Crippen LogP contribution is 2.36. The maximum atomic E-state index is 13.5. The minimum Gasteiger partial charge on any atom is -0.372 e. The van der Waals surface area contributed by atoms with Gasteiger partial charge in [0.15, 0.2) is 17.0 Å². The molecule has 0 radical (unpaired) electrons. The van der Waals surface area contributed by atoms with E-state index < -0.39 is 0 Å². The molecule has 0 unspecified atom stereocenters. The van der Waals surface area contributed by atoms with E-state index in [2.05, 4.69) is 25.3 Å². The van der Waals surface area contributed by atoms with Gasteiger partial charge in [0.1, 0.15) is 24.0 Å². The summed E-state index contributed by atoms with van der Waals surface area (Å²) in [6.07, 6.45) is 7.19. The van der Waals surface area contributed by atoms with Crippen molar-refractivity contribution in [1.29, 1.82) is 0 Å². The first kappa shape index (κ1) is 21.7. The Morgan fingerprint density at radius 1 is 1.15 bits per heavy atom. The number of hydrogen-bond donors (Lipinski definition) is 1. The van der Waals surface area contributed by atoms with Gasteiger partial charge >= 0.3 is 0 Å². The van der Waals surface area contributed by atoms with Gasteiger partial charge in [-0.2, -0.15) is 0 Å². The van der Waals surface area contributed by atoms with Crippen LogP contribution in [0.15, 0.2) is 18.7 Å². The van der Waals surface area contributed by atoms with Crippen molar-refractivity contribution >= 4 is 22.9 Å². The van der Waals surface area contributed by atoms with Crippen LogP contribution in [0, 0.1) is 12.8 Å². The molecule has 174 valence electrons. The molecule has 4 heterocycles. The van der Waals surface area contributed by atoms with Crippen LogP contribution < -0.4 is 5.32 Å². The van der Waals surface area contributed by atoms with Gasteiger partial charge in [-0.15, -0.1) is 0 Å². The standard InChI is InChI=1S/C23H30N8O2/c1-5-31-21(17-8-24-15(4)25-9-17)29-19-20(26-12-27-22(19)31)28-18(16-6-7-16)23(32)30-10-13(2)33-14(3)11-30/h8-9,12-14,16,18H,5-7,10-11H2,1-4H3,(H,26,27,28)/t13-,14+,18-/m0/s1. The Labute approximate surface area is 192 Å². The van der Waals surface area contributed by atoms with Gasteiger partial charge in [0.05, 0.1) is 17.8 Å². The van der Waals surface area contributed by atoms with E-state index in [9.17, 15) is 4.79 Å². The number of hydrogen-bond acceptors (Lipinski definition) is 8. The van der Waals surface area contributed by atoms with Crippen molar-refractivity contribution in [3.05, 3.63) is 24.5 Å². The Morgan fingerprint density at radius 2 is 1.85 bits per heavy atom. The van der Waals surface area contributed by atoms with Crippen molar-refractivity contribution in [2.75, 3.05) is 18.4 Å². The number of fused-ring (bicyclic) bond motifs is 1. The summed E-state index contributed by atoms with van der Waals surface area (Å²) in [6.45, 7) is 9.82. The van der Waals surface area contributed by atoms with E-state index in [1.165, 1.54) is 6.33 Å². The Hall–Kier alpha value is -3.14. The number of imidazole rings is 1. The molecule has 1 amide bonds. The minimum atomic E-state index is -0.335. The molecule has 1 aliphatic carbocycles. The highest BCUT2D eigenvalue weighted by Gasteiger charge is 2.40. The molecule has 1 saturated heterocycles. The average molecular weight is 451 g/mol. The highest BCUT2D eigenvalue weighted by atomic mass is 16.5. The van der Waals surface area contributed by atoms with Crippen molar-refractivity contribution in [3.8, 4) is 11.4 Å². The van der Waals surface area contributed by atoms with Crippen LogP contribution in [-0.2, 0) is 16.1 Å². The first-order chi connectivity index (χ1) is 15.9. The molecule has 1 N–H and O–H groups in total. The van der Waals surface area contributed by atoms with E-state index in [1.54, 1.807) is 12.4 Å². The third-order valence-corrected chi connectivity index (χ3v) is 6.27. The lowest BCUT2D eigenvalue weighted by Crippen LogP contribution is -2.53. The Morgan fingerprint density at radius 3 is 2.48 bits per heavy atom. The van der Waals surface area contributed by atoms with Crippen LogP contribution in [-0.4, -0.2) is 71.6 Å². The van der Waals surface area contributed by atoms with E-state index >= 15 is 0 Å². The summed E-state index contributed by atoms with van der Waals surface area (Å²) in [6, 6.07) is -0.335. The van der Waals surface area contributed by atoms with Crippen LogP contribution in [0.4, 0.5) is 5.82 Å². The topological polar surface area (TPSA) is 111 Å². The molecular formula is C23H30N8O2. The zero-order chi connectivity index (χ0) is 23.1. The number of nitrogens with zero attached hydrogens (tertiary/aromatic N) is 7. The molecule has 33 heavy (non-hydrogen) atoms. The van der Waals surface area contributed by atoms with Gasteiger partial charge in [-0.3, -0.25) is 4.79 Å². The summed E-state index contributed by atoms with van der Waals surface area (Å²) in [5.74, 6) is 2.43. The van der Waals surface area contributed by atoms with Crippen LogP contribution >= 0.6 is 0 Å². The van der Waals surface area contributed by atoms with E-state index in [4.69, 9.17) is 9.72 Å². The summed E-state index contributed by atoms with van der Waals surface area (Å²) in [7, 11) is 0. The van der Waals surface area contributed by atoms with Gasteiger partial charge in [0, 0.05) is 32.0 Å². The molecule has 3 aromatic rings. The lowest BCUT2D eigenvalue weighted by molar-refractivity contribution is -0.144. The van der Waals surface area contributed by atoms with E-state index in [0.29, 0.717) is 42.7 Å². The first-order valence-corrected chi connectivity index (χ1v) is 11.7. The summed E-state index contributed by atoms with van der Waals surface area (Å²) < 4.78 is 7.84. The molecule has 1 saturated carbocycles. The zero-order valence-corrected chi connectivity index (χ0v) is 19.5. The molecule has 0 aromatic carbocycles. The zero-order valence-electron chi connectivity index (χ0n) is 19.5. The van der Waals surface area contributed by atoms with Crippen LogP contribution in [0.5, 0.6) is 0 Å². The van der Waals surface area contributed by atoms with Crippen molar-refractivity contribution in [2.45, 2.75) is 65.3 Å². The average Bonchev–Trinajstić information content (AvgIpc) is 3.56. The number of nitrogens with one attached hydrogen (secondary N) is 1. The molecule has 5 rings (SSSR count). The molecule has 3 aromatic heterocycles. The third-order valence-electron chi connectivity index (χ3n) is 6.27. The predicted molar refractivity (Wildman–Crippen MR) is 123 cm³/mol. The van der Waals surface area contributed by atoms with Crippen molar-refractivity contribution in [1.82, 2.24) is 34.4 Å². The quantitative estimate of drug-likeness (QED) is 0.610. The van der Waals surface area contributed by atoms with Crippen LogP contribution in [0.2, 0.25) is 0 Å². The number of aromatic nitrogens is 6. The Kier molecular flexibility index (Phi) is 5.69. The number of morpholine rings is 1. The number of rotatable bonds is 6. The van der Waals surface area contributed by atoms with E-state index in [1.807, 2.05) is 37.2 Å². The predicted octanol–water partition coefficient (Wildman–Crippen LogP) is 2.44. The molecule has 10 heteroatoms. The van der Waals surface area contributed by atoms with E-state index in [-0.39, 0.29) is 24.2 Å². The second-order valence-electron chi connectivity index (χ2n) is 9.05. The third kappa shape index (κ3) is 4.27. The number of amides is 1. The first-order valence-electron chi connectivity index (χ1n) is 11.7. The fraction of sp³-hybridized carbons (Fsp3) is 0.565. The van der Waals surface area contributed by atoms with Crippen molar-refractivity contribution in [2.24, 2.45) is 5.92 Å². The summed E-state index contributed by atoms with van der Waals surface area (Å²) in [5, 5.41) is 3.45. The molecule has 0 spiro atoms. The lowest BCUT2D eigenvalue weighted by Gasteiger charge is -2.37. The summed E-state index contributed by atoms with van der Waals surface area (Å²) in [5.41, 5.74) is 2.19. The molecule has 10 nitrogen and oxygen atoms in total. The maximum Gasteiger partial charge on any atom is 0.245 e. The maximum absolute atomic E-state index is 13.5. The molecular weight excluding hydrogens is 420 g/mol. The number of ether oxygens (including phenoxy) is 1. The van der Waals surface area contributed by atoms with Gasteiger partial charge in [-0.25, -0.2) is 24.9 Å². The van der Waals surface area contributed by atoms with Crippen molar-refractivity contribution in [3.63, 3.8) is 0 Å². The Balaban J connectivity index is 1.48. The highest BCUT2D eigenvalue weighted by molar-refractivity contribution is 5.91. The van der Waals surface area contributed by atoms with Gasteiger partial charge in [0.2, 0.25) is 5.91 Å². The molecule has 0 bridgehead atoms. The SMILES string of the molecule is CCn1c(-c2cnc(C)nc2)nc2c(N[C@H](C(=O)N3C[C@@H](C)O[C@@H](C)C3)C3CC3)ncnc21. The molecule has 2 fully saturated rings. The molecule has 2 aliphatic rings. The van der Waals surface area contributed by atoms with Crippen molar-refractivity contribution < 1.29 is 9.53 Å². The van der Waals surface area contributed by atoms with Gasteiger partial charge in [0.25, 0.3) is 0 Å². The van der Waals surface area contributed by atoms with Crippen LogP contribution in [0.1, 0.15) is 39.4 Å².